The van der Waals surface area contributed by atoms with Gasteiger partial charge in [0.25, 0.3) is 0 Å². The maximum absolute atomic E-state index is 11.6. The van der Waals surface area contributed by atoms with E-state index in [-0.39, 0.29) is 16.9 Å². The Hall–Kier alpha value is -3.34. The van der Waals surface area contributed by atoms with Crippen molar-refractivity contribution >= 4 is 11.9 Å². The first kappa shape index (κ1) is 17.5. The number of carboxylic acids is 2. The maximum Gasteiger partial charge on any atom is 0.339 e. The minimum Gasteiger partial charge on any atom is -0.478 e. The summed E-state index contributed by atoms with van der Waals surface area (Å²) in [5.74, 6) is -1.25. The van der Waals surface area contributed by atoms with Crippen molar-refractivity contribution in [2.45, 2.75) is 19.8 Å². The fourth-order valence-corrected chi connectivity index (χ4v) is 2.73. The topological polar surface area (TPSA) is 87.7 Å². The molecule has 0 radical (unpaired) electrons. The van der Waals surface area contributed by atoms with Crippen LogP contribution in [0.15, 0.2) is 59.0 Å². The molecule has 0 aliphatic rings. The molecule has 0 aliphatic heterocycles. The van der Waals surface area contributed by atoms with E-state index in [1.54, 1.807) is 12.1 Å². The standard InChI is InChI=1S/C21H18O5/c1-12(2)13-6-8-14(9-7-13)18-11-17(21(24)25)19(26-18)15-4-3-5-16(10-15)20(22)23/h3-12H,1-2H3,(H,22,23)(H,24,25). The number of aromatic carboxylic acids is 2. The quantitative estimate of drug-likeness (QED) is 0.666. The Kier molecular flexibility index (Phi) is 4.63. The minimum absolute atomic E-state index is 0.00419. The second-order valence-corrected chi connectivity index (χ2v) is 6.32. The van der Waals surface area contributed by atoms with Crippen molar-refractivity contribution in [2.75, 3.05) is 0 Å². The van der Waals surface area contributed by atoms with Gasteiger partial charge in [-0.25, -0.2) is 9.59 Å². The lowest BCUT2D eigenvalue weighted by Gasteiger charge is -2.05. The van der Waals surface area contributed by atoms with Gasteiger partial charge in [0.05, 0.1) is 5.56 Å². The molecule has 0 saturated heterocycles. The molecule has 0 bridgehead atoms. The molecule has 5 heteroatoms. The lowest BCUT2D eigenvalue weighted by Crippen LogP contribution is -1.98. The summed E-state index contributed by atoms with van der Waals surface area (Å²) in [7, 11) is 0. The van der Waals surface area contributed by atoms with Crippen molar-refractivity contribution in [3.8, 4) is 22.6 Å². The van der Waals surface area contributed by atoms with Gasteiger partial charge in [0.1, 0.15) is 17.1 Å². The minimum atomic E-state index is -1.13. The lowest BCUT2D eigenvalue weighted by molar-refractivity contribution is 0.0687. The van der Waals surface area contributed by atoms with Gasteiger partial charge in [0, 0.05) is 11.1 Å². The largest absolute Gasteiger partial charge is 0.478 e. The first-order valence-electron chi connectivity index (χ1n) is 8.18. The van der Waals surface area contributed by atoms with Gasteiger partial charge >= 0.3 is 11.9 Å². The summed E-state index contributed by atoms with van der Waals surface area (Å²) in [5.41, 5.74) is 2.41. The Morgan fingerprint density at radius 3 is 2.15 bits per heavy atom. The third kappa shape index (κ3) is 3.37. The second kappa shape index (κ2) is 6.88. The molecule has 3 aromatic rings. The molecule has 3 rings (SSSR count). The van der Waals surface area contributed by atoms with Crippen LogP contribution in [-0.2, 0) is 0 Å². The third-order valence-electron chi connectivity index (χ3n) is 4.20. The smallest absolute Gasteiger partial charge is 0.339 e. The van der Waals surface area contributed by atoms with Gasteiger partial charge in [0.15, 0.2) is 0 Å². The van der Waals surface area contributed by atoms with Crippen molar-refractivity contribution in [3.05, 3.63) is 71.3 Å². The van der Waals surface area contributed by atoms with E-state index in [0.29, 0.717) is 17.2 Å². The summed E-state index contributed by atoms with van der Waals surface area (Å²) in [6.07, 6.45) is 0. The highest BCUT2D eigenvalue weighted by Gasteiger charge is 2.20. The molecule has 1 aromatic heterocycles. The molecule has 1 heterocycles. The van der Waals surface area contributed by atoms with Crippen molar-refractivity contribution in [2.24, 2.45) is 0 Å². The highest BCUT2D eigenvalue weighted by molar-refractivity contribution is 5.97. The molecule has 0 saturated carbocycles. The van der Waals surface area contributed by atoms with Crippen molar-refractivity contribution < 1.29 is 24.2 Å². The summed E-state index contributed by atoms with van der Waals surface area (Å²) < 4.78 is 5.81. The zero-order chi connectivity index (χ0) is 18.8. The molecule has 2 aromatic carbocycles. The number of hydrogen-bond acceptors (Lipinski definition) is 3. The number of hydrogen-bond donors (Lipinski definition) is 2. The first-order valence-corrected chi connectivity index (χ1v) is 8.18. The molecule has 5 nitrogen and oxygen atoms in total. The Balaban J connectivity index is 2.08. The van der Waals surface area contributed by atoms with E-state index in [9.17, 15) is 14.7 Å². The first-order chi connectivity index (χ1) is 12.4. The normalized spacial score (nSPS) is 10.9. The zero-order valence-electron chi connectivity index (χ0n) is 14.4. The maximum atomic E-state index is 11.6. The van der Waals surface area contributed by atoms with Gasteiger partial charge in [0.2, 0.25) is 0 Å². The highest BCUT2D eigenvalue weighted by atomic mass is 16.4. The predicted octanol–water partition coefficient (Wildman–Crippen LogP) is 5.13. The Morgan fingerprint density at radius 2 is 1.58 bits per heavy atom. The highest BCUT2D eigenvalue weighted by Crippen LogP contribution is 2.33. The van der Waals surface area contributed by atoms with E-state index in [2.05, 4.69) is 13.8 Å². The molecule has 0 unspecified atom stereocenters. The van der Waals surface area contributed by atoms with Crippen molar-refractivity contribution in [1.29, 1.82) is 0 Å². The van der Waals surface area contributed by atoms with Crippen LogP contribution in [0.4, 0.5) is 0 Å². The molecule has 0 spiro atoms. The molecule has 0 amide bonds. The number of rotatable bonds is 5. The van der Waals surface area contributed by atoms with E-state index in [1.807, 2.05) is 24.3 Å². The van der Waals surface area contributed by atoms with E-state index in [4.69, 9.17) is 9.52 Å². The van der Waals surface area contributed by atoms with Gasteiger partial charge in [-0.15, -0.1) is 0 Å². The van der Waals surface area contributed by atoms with Gasteiger partial charge in [-0.2, -0.15) is 0 Å². The number of carboxylic acid groups (broad SMARTS) is 2. The fraction of sp³-hybridized carbons (Fsp3) is 0.143. The van der Waals surface area contributed by atoms with Crippen molar-refractivity contribution in [1.82, 2.24) is 0 Å². The van der Waals surface area contributed by atoms with E-state index >= 15 is 0 Å². The fourth-order valence-electron chi connectivity index (χ4n) is 2.73. The Bertz CT molecular complexity index is 964. The summed E-state index contributed by atoms with van der Waals surface area (Å²) in [6.45, 7) is 4.19. The SMILES string of the molecule is CC(C)c1ccc(-c2cc(C(=O)O)c(-c3cccc(C(=O)O)c3)o2)cc1. The number of carbonyl (C=O) groups is 2. The number of benzene rings is 2. The monoisotopic (exact) mass is 350 g/mol. The molecule has 2 N–H and O–H groups in total. The van der Waals surface area contributed by atoms with Crippen LogP contribution >= 0.6 is 0 Å². The van der Waals surface area contributed by atoms with Crippen LogP contribution < -0.4 is 0 Å². The Morgan fingerprint density at radius 1 is 0.885 bits per heavy atom. The second-order valence-electron chi connectivity index (χ2n) is 6.32. The summed E-state index contributed by atoms with van der Waals surface area (Å²) in [6, 6.07) is 15.2. The number of furan rings is 1. The summed E-state index contributed by atoms with van der Waals surface area (Å²) in [5, 5.41) is 18.6. The van der Waals surface area contributed by atoms with Crippen LogP contribution in [0.5, 0.6) is 0 Å². The van der Waals surface area contributed by atoms with E-state index in [1.165, 1.54) is 23.8 Å². The molecule has 26 heavy (non-hydrogen) atoms. The molecular formula is C21H18O5. The van der Waals surface area contributed by atoms with Crippen LogP contribution in [0, 0.1) is 0 Å². The van der Waals surface area contributed by atoms with Crippen LogP contribution in [0.2, 0.25) is 0 Å². The Labute approximate surface area is 150 Å². The molecule has 0 aliphatic carbocycles. The molecule has 0 atom stereocenters. The summed E-state index contributed by atoms with van der Waals surface area (Å²) >= 11 is 0. The van der Waals surface area contributed by atoms with Crippen LogP contribution in [0.3, 0.4) is 0 Å². The van der Waals surface area contributed by atoms with Crippen LogP contribution in [0.25, 0.3) is 22.6 Å². The predicted molar refractivity (Wildman–Crippen MR) is 97.6 cm³/mol. The van der Waals surface area contributed by atoms with E-state index in [0.717, 1.165) is 5.56 Å². The van der Waals surface area contributed by atoms with Crippen molar-refractivity contribution in [3.63, 3.8) is 0 Å². The molecule has 0 fully saturated rings. The van der Waals surface area contributed by atoms with Gasteiger partial charge in [-0.1, -0.05) is 50.2 Å². The molecular weight excluding hydrogens is 332 g/mol. The van der Waals surface area contributed by atoms with Crippen LogP contribution in [-0.4, -0.2) is 22.2 Å². The van der Waals surface area contributed by atoms with Gasteiger partial charge in [-0.3, -0.25) is 0 Å². The van der Waals surface area contributed by atoms with E-state index < -0.39 is 11.9 Å². The average molecular weight is 350 g/mol. The molecule has 132 valence electrons. The van der Waals surface area contributed by atoms with Gasteiger partial charge < -0.3 is 14.6 Å². The van der Waals surface area contributed by atoms with Gasteiger partial charge in [-0.05, 0) is 29.7 Å². The zero-order valence-corrected chi connectivity index (χ0v) is 14.4. The summed E-state index contributed by atoms with van der Waals surface area (Å²) in [4.78, 5) is 22.8. The van der Waals surface area contributed by atoms with Crippen LogP contribution in [0.1, 0.15) is 46.0 Å². The lowest BCUT2D eigenvalue weighted by atomic mass is 10.0. The third-order valence-corrected chi connectivity index (χ3v) is 4.20. The average Bonchev–Trinajstić information content (AvgIpc) is 3.07.